The molecular weight excluding hydrogens is 420 g/mol. The van der Waals surface area contributed by atoms with Gasteiger partial charge in [-0.1, -0.05) is 34.1 Å². The number of rotatable bonds is 3. The van der Waals surface area contributed by atoms with Crippen molar-refractivity contribution in [1.29, 1.82) is 0 Å². The zero-order valence-electron chi connectivity index (χ0n) is 15.3. The average Bonchev–Trinajstić information content (AvgIpc) is 3.07. The summed E-state index contributed by atoms with van der Waals surface area (Å²) in [4.78, 5) is 20.5. The van der Waals surface area contributed by atoms with Crippen LogP contribution in [0.1, 0.15) is 18.5 Å². The summed E-state index contributed by atoms with van der Waals surface area (Å²) in [5.41, 5.74) is 4.18. The van der Waals surface area contributed by atoms with Gasteiger partial charge in [0.05, 0.1) is 11.4 Å². The number of pyridine rings is 1. The molecule has 0 radical (unpaired) electrons. The minimum Gasteiger partial charge on any atom is -0.465 e. The fourth-order valence-electron chi connectivity index (χ4n) is 4.57. The van der Waals surface area contributed by atoms with E-state index in [1.165, 1.54) is 0 Å². The fourth-order valence-corrected chi connectivity index (χ4v) is 4.84. The average molecular weight is 441 g/mol. The lowest BCUT2D eigenvalue weighted by atomic mass is 9.91. The summed E-state index contributed by atoms with van der Waals surface area (Å²) in [5, 5.41) is 9.45. The van der Waals surface area contributed by atoms with Gasteiger partial charge in [-0.25, -0.2) is 9.78 Å². The van der Waals surface area contributed by atoms with E-state index in [1.807, 2.05) is 30.3 Å². The lowest BCUT2D eigenvalue weighted by molar-refractivity contribution is -0.0158. The highest BCUT2D eigenvalue weighted by molar-refractivity contribution is 9.10. The van der Waals surface area contributed by atoms with Crippen LogP contribution in [0, 0.1) is 0 Å². The molecular formula is C21H21BrN4O2. The number of benzene rings is 1. The first-order valence-electron chi connectivity index (χ1n) is 9.55. The molecule has 5 heterocycles. The molecule has 144 valence electrons. The van der Waals surface area contributed by atoms with E-state index < -0.39 is 6.09 Å². The number of piperazine rings is 1. The van der Waals surface area contributed by atoms with E-state index in [4.69, 9.17) is 4.98 Å². The number of amides is 1. The standard InChI is InChI=1S/C21H21BrN4O2/c22-15-6-4-14(5-7-15)20-18(25-10-2-1-3-19(25)23-20)13-24-11-17-9-8-16(24)12-26(17)21(27)28/h1-7,10,16-17H,8-9,11-13H2,(H,27,28). The van der Waals surface area contributed by atoms with Gasteiger partial charge in [0.15, 0.2) is 0 Å². The number of fused-ring (bicyclic) bond motifs is 4. The van der Waals surface area contributed by atoms with Crippen LogP contribution >= 0.6 is 15.9 Å². The molecule has 0 saturated carbocycles. The maximum atomic E-state index is 11.5. The van der Waals surface area contributed by atoms with Crippen molar-refractivity contribution < 1.29 is 9.90 Å². The summed E-state index contributed by atoms with van der Waals surface area (Å²) < 4.78 is 3.21. The van der Waals surface area contributed by atoms with Crippen molar-refractivity contribution in [2.24, 2.45) is 0 Å². The molecule has 0 aliphatic carbocycles. The minimum atomic E-state index is -0.792. The Bertz CT molecular complexity index is 1030. The van der Waals surface area contributed by atoms with E-state index in [0.29, 0.717) is 6.54 Å². The second kappa shape index (κ2) is 6.90. The molecule has 6 nitrogen and oxygen atoms in total. The Labute approximate surface area is 171 Å². The van der Waals surface area contributed by atoms with Gasteiger partial charge in [0.25, 0.3) is 0 Å². The fraction of sp³-hybridized carbons (Fsp3) is 0.333. The van der Waals surface area contributed by atoms with Crippen molar-refractivity contribution >= 4 is 27.7 Å². The highest BCUT2D eigenvalue weighted by Gasteiger charge is 2.41. The van der Waals surface area contributed by atoms with Gasteiger partial charge >= 0.3 is 6.09 Å². The number of piperidine rings is 2. The zero-order valence-corrected chi connectivity index (χ0v) is 16.9. The van der Waals surface area contributed by atoms with Crippen LogP contribution in [0.15, 0.2) is 53.1 Å². The number of halogens is 1. The molecule has 2 unspecified atom stereocenters. The highest BCUT2D eigenvalue weighted by Crippen LogP contribution is 2.33. The van der Waals surface area contributed by atoms with Crippen LogP contribution < -0.4 is 0 Å². The molecule has 1 aromatic carbocycles. The third-order valence-corrected chi connectivity index (χ3v) is 6.52. The summed E-state index contributed by atoms with van der Waals surface area (Å²) in [6.45, 7) is 2.16. The maximum Gasteiger partial charge on any atom is 0.407 e. The Kier molecular flexibility index (Phi) is 4.36. The van der Waals surface area contributed by atoms with Crippen LogP contribution in [0.5, 0.6) is 0 Å². The van der Waals surface area contributed by atoms with Gasteiger partial charge in [-0.3, -0.25) is 4.90 Å². The number of hydrogen-bond donors (Lipinski definition) is 1. The minimum absolute atomic E-state index is 0.0952. The number of aromatic nitrogens is 2. The molecule has 28 heavy (non-hydrogen) atoms. The van der Waals surface area contributed by atoms with E-state index in [2.05, 4.69) is 43.6 Å². The van der Waals surface area contributed by atoms with Crippen molar-refractivity contribution in [3.05, 3.63) is 58.8 Å². The van der Waals surface area contributed by atoms with Crippen molar-refractivity contribution in [3.63, 3.8) is 0 Å². The Morgan fingerprint density at radius 1 is 1.11 bits per heavy atom. The van der Waals surface area contributed by atoms with Gasteiger partial charge in [-0.05, 0) is 37.1 Å². The zero-order chi connectivity index (χ0) is 19.3. The lowest BCUT2D eigenvalue weighted by Gasteiger charge is -2.50. The topological polar surface area (TPSA) is 61.1 Å². The number of carboxylic acid groups (broad SMARTS) is 1. The van der Waals surface area contributed by atoms with Crippen molar-refractivity contribution in [1.82, 2.24) is 19.2 Å². The van der Waals surface area contributed by atoms with Gasteiger partial charge in [0.1, 0.15) is 5.65 Å². The lowest BCUT2D eigenvalue weighted by Crippen LogP contribution is -2.63. The van der Waals surface area contributed by atoms with Crippen LogP contribution in [0.4, 0.5) is 4.79 Å². The second-order valence-corrected chi connectivity index (χ2v) is 8.51. The van der Waals surface area contributed by atoms with E-state index in [-0.39, 0.29) is 12.1 Å². The monoisotopic (exact) mass is 440 g/mol. The Balaban J connectivity index is 1.51. The Hall–Kier alpha value is -2.38. The van der Waals surface area contributed by atoms with Gasteiger partial charge in [-0.15, -0.1) is 0 Å². The van der Waals surface area contributed by atoms with Gasteiger partial charge in [-0.2, -0.15) is 0 Å². The molecule has 2 bridgehead atoms. The molecule has 3 aliphatic rings. The van der Waals surface area contributed by atoms with Crippen LogP contribution in [-0.2, 0) is 6.54 Å². The summed E-state index contributed by atoms with van der Waals surface area (Å²) in [7, 11) is 0. The molecule has 6 rings (SSSR count). The maximum absolute atomic E-state index is 11.5. The first-order valence-corrected chi connectivity index (χ1v) is 10.3. The van der Waals surface area contributed by atoms with Crippen molar-refractivity contribution in [2.45, 2.75) is 31.5 Å². The van der Waals surface area contributed by atoms with E-state index in [1.54, 1.807) is 4.90 Å². The molecule has 2 atom stereocenters. The molecule has 3 aliphatic heterocycles. The first kappa shape index (κ1) is 17.7. The summed E-state index contributed by atoms with van der Waals surface area (Å²) in [6, 6.07) is 14.7. The smallest absolute Gasteiger partial charge is 0.407 e. The van der Waals surface area contributed by atoms with Crippen LogP contribution in [0.2, 0.25) is 0 Å². The molecule has 3 aromatic rings. The quantitative estimate of drug-likeness (QED) is 0.665. The molecule has 3 saturated heterocycles. The van der Waals surface area contributed by atoms with Crippen molar-refractivity contribution in [2.75, 3.05) is 13.1 Å². The largest absolute Gasteiger partial charge is 0.465 e. The third-order valence-electron chi connectivity index (χ3n) is 5.99. The van der Waals surface area contributed by atoms with E-state index in [9.17, 15) is 9.90 Å². The molecule has 0 spiro atoms. The van der Waals surface area contributed by atoms with Crippen molar-refractivity contribution in [3.8, 4) is 11.3 Å². The Morgan fingerprint density at radius 2 is 1.89 bits per heavy atom. The number of imidazole rings is 1. The van der Waals surface area contributed by atoms with Gasteiger partial charge in [0.2, 0.25) is 0 Å². The predicted molar refractivity (Wildman–Crippen MR) is 110 cm³/mol. The number of carbonyl (C=O) groups is 1. The van der Waals surface area contributed by atoms with Crippen LogP contribution in [0.3, 0.4) is 0 Å². The highest BCUT2D eigenvalue weighted by atomic mass is 79.9. The van der Waals surface area contributed by atoms with E-state index >= 15 is 0 Å². The molecule has 7 heteroatoms. The predicted octanol–water partition coefficient (Wildman–Crippen LogP) is 4.09. The third kappa shape index (κ3) is 2.99. The Morgan fingerprint density at radius 3 is 2.61 bits per heavy atom. The van der Waals surface area contributed by atoms with Gasteiger partial charge < -0.3 is 14.4 Å². The molecule has 1 N–H and O–H groups in total. The molecule has 1 amide bonds. The molecule has 3 fully saturated rings. The summed E-state index contributed by atoms with van der Waals surface area (Å²) >= 11 is 3.50. The van der Waals surface area contributed by atoms with Crippen LogP contribution in [-0.4, -0.2) is 55.6 Å². The van der Waals surface area contributed by atoms with E-state index in [0.717, 1.165) is 53.0 Å². The number of hydrogen-bond acceptors (Lipinski definition) is 3. The summed E-state index contributed by atoms with van der Waals surface area (Å²) in [6.07, 6.45) is 3.28. The molecule has 2 aromatic heterocycles. The second-order valence-electron chi connectivity index (χ2n) is 7.59. The SMILES string of the molecule is O=C(O)N1CC2CCC1CN2Cc1c(-c2ccc(Br)cc2)nc2ccccn12. The van der Waals surface area contributed by atoms with Crippen LogP contribution in [0.25, 0.3) is 16.9 Å². The summed E-state index contributed by atoms with van der Waals surface area (Å²) in [5.74, 6) is 0. The number of nitrogens with zero attached hydrogens (tertiary/aromatic N) is 4. The normalized spacial score (nSPS) is 22.1. The first-order chi connectivity index (χ1) is 13.6. The van der Waals surface area contributed by atoms with Gasteiger partial charge in [0, 0.05) is 48.0 Å².